The summed E-state index contributed by atoms with van der Waals surface area (Å²) >= 11 is 0. The number of hydrogen-bond donors (Lipinski definition) is 0. The predicted octanol–water partition coefficient (Wildman–Crippen LogP) is 18.1. The molecule has 0 saturated carbocycles. The SMILES string of the molecule is CC(C)(C)c1c2ccccc2c(C(C)(C)C)c2cc(-n3c(-c4ccccc4)c(-c4ccccc4)c4c5c6ccccc6c(-c6ccc7ccccc7c6)cc5c5ccccc5c43)ccc12. The second kappa shape index (κ2) is 14.5. The van der Waals surface area contributed by atoms with Crippen molar-refractivity contribution in [3.63, 3.8) is 0 Å². The van der Waals surface area contributed by atoms with Gasteiger partial charge in [-0.2, -0.15) is 0 Å². The normalized spacial score (nSPS) is 12.5. The molecule has 0 radical (unpaired) electrons. The zero-order valence-corrected chi connectivity index (χ0v) is 38.0. The second-order valence-electron chi connectivity index (χ2n) is 20.0. The summed E-state index contributed by atoms with van der Waals surface area (Å²) in [6, 6.07) is 75.1. The van der Waals surface area contributed by atoms with E-state index >= 15 is 0 Å². The summed E-state index contributed by atoms with van der Waals surface area (Å²) < 4.78 is 2.62. The highest BCUT2D eigenvalue weighted by atomic mass is 15.0. The molecule has 312 valence electrons. The van der Waals surface area contributed by atoms with Gasteiger partial charge in [-0.15, -0.1) is 0 Å². The molecule has 1 heteroatoms. The van der Waals surface area contributed by atoms with Crippen LogP contribution in [0.5, 0.6) is 0 Å². The molecule has 0 fully saturated rings. The first kappa shape index (κ1) is 39.1. The molecular formula is C64H51N. The molecule has 0 saturated heterocycles. The van der Waals surface area contributed by atoms with Crippen LogP contribution in [0, 0.1) is 0 Å². The molecule has 11 aromatic carbocycles. The van der Waals surface area contributed by atoms with Gasteiger partial charge in [0.2, 0.25) is 0 Å². The van der Waals surface area contributed by atoms with Gasteiger partial charge in [0.25, 0.3) is 0 Å². The van der Waals surface area contributed by atoms with Crippen molar-refractivity contribution in [1.29, 1.82) is 0 Å². The van der Waals surface area contributed by atoms with E-state index in [1.807, 2.05) is 0 Å². The van der Waals surface area contributed by atoms with Crippen molar-refractivity contribution in [3.8, 4) is 39.2 Å². The third kappa shape index (κ3) is 6.06. The Balaban J connectivity index is 1.32. The summed E-state index contributed by atoms with van der Waals surface area (Å²) in [5, 5.41) is 16.6. The molecule has 12 rings (SSSR count). The summed E-state index contributed by atoms with van der Waals surface area (Å²) in [5.41, 5.74) is 12.3. The fourth-order valence-electron chi connectivity index (χ4n) is 11.4. The number of rotatable bonds is 4. The van der Waals surface area contributed by atoms with Crippen molar-refractivity contribution in [2.75, 3.05) is 0 Å². The minimum Gasteiger partial charge on any atom is -0.308 e. The molecule has 0 aliphatic heterocycles. The molecule has 0 atom stereocenters. The van der Waals surface area contributed by atoms with E-state index in [0.29, 0.717) is 0 Å². The number of hydrogen-bond acceptors (Lipinski definition) is 0. The standard InChI is InChI=1S/C64H51N/c1-63(2,3)59-49-30-18-19-31-50(49)60(64(4,5)6)55-38-45(35-36-51(55)59)65-61(42-24-11-8-12-25-42)56(41-22-9-7-10-23-41)58-57-48-29-17-15-27-46(48)53(44-34-33-40-21-13-14-26-43(40)37-44)39-54(57)47-28-16-20-32-52(47)62(58)65/h7-39H,1-6H3. The van der Waals surface area contributed by atoms with E-state index in [1.54, 1.807) is 0 Å². The highest BCUT2D eigenvalue weighted by Crippen LogP contribution is 2.52. The molecule has 0 N–H and O–H groups in total. The summed E-state index contributed by atoms with van der Waals surface area (Å²) in [5.74, 6) is 0. The van der Waals surface area contributed by atoms with Gasteiger partial charge in [0, 0.05) is 27.4 Å². The lowest BCUT2D eigenvalue weighted by Crippen LogP contribution is -2.17. The molecule has 1 aromatic heterocycles. The summed E-state index contributed by atoms with van der Waals surface area (Å²) in [6.45, 7) is 14.2. The molecule has 0 spiro atoms. The van der Waals surface area contributed by atoms with Gasteiger partial charge in [0.05, 0.1) is 11.2 Å². The molecule has 0 amide bonds. The van der Waals surface area contributed by atoms with Crippen LogP contribution in [0.15, 0.2) is 200 Å². The van der Waals surface area contributed by atoms with Crippen LogP contribution in [0.25, 0.3) is 115 Å². The zero-order valence-electron chi connectivity index (χ0n) is 38.0. The fraction of sp³-hybridized carbons (Fsp3) is 0.125. The van der Waals surface area contributed by atoms with Crippen molar-refractivity contribution in [2.45, 2.75) is 52.4 Å². The van der Waals surface area contributed by atoms with Crippen LogP contribution in [-0.4, -0.2) is 4.57 Å². The van der Waals surface area contributed by atoms with E-state index < -0.39 is 0 Å². The maximum absolute atomic E-state index is 2.62. The lowest BCUT2D eigenvalue weighted by atomic mass is 9.74. The number of aromatic nitrogens is 1. The predicted molar refractivity (Wildman–Crippen MR) is 282 cm³/mol. The Hall–Kier alpha value is -7.48. The first-order valence-electron chi connectivity index (χ1n) is 23.1. The lowest BCUT2D eigenvalue weighted by molar-refractivity contribution is 0.593. The zero-order chi connectivity index (χ0) is 44.2. The van der Waals surface area contributed by atoms with Crippen LogP contribution in [-0.2, 0) is 10.8 Å². The lowest BCUT2D eigenvalue weighted by Gasteiger charge is -2.30. The molecule has 0 aliphatic rings. The Labute approximate surface area is 381 Å². The minimum atomic E-state index is -0.117. The van der Waals surface area contributed by atoms with E-state index in [9.17, 15) is 0 Å². The van der Waals surface area contributed by atoms with Crippen molar-refractivity contribution < 1.29 is 0 Å². The van der Waals surface area contributed by atoms with Crippen molar-refractivity contribution in [2.24, 2.45) is 0 Å². The second-order valence-corrected chi connectivity index (χ2v) is 20.0. The monoisotopic (exact) mass is 833 g/mol. The van der Waals surface area contributed by atoms with Gasteiger partial charge in [0.1, 0.15) is 0 Å². The van der Waals surface area contributed by atoms with Crippen LogP contribution in [0.3, 0.4) is 0 Å². The quantitative estimate of drug-likeness (QED) is 0.123. The Bertz CT molecular complexity index is 3870. The molecule has 12 aromatic rings. The third-order valence-electron chi connectivity index (χ3n) is 13.9. The maximum atomic E-state index is 2.62. The van der Waals surface area contributed by atoms with Gasteiger partial charge < -0.3 is 4.57 Å². The minimum absolute atomic E-state index is 0.0759. The number of benzene rings is 11. The van der Waals surface area contributed by atoms with Crippen molar-refractivity contribution >= 4 is 75.5 Å². The van der Waals surface area contributed by atoms with Gasteiger partial charge >= 0.3 is 0 Å². The van der Waals surface area contributed by atoms with E-state index in [4.69, 9.17) is 0 Å². The van der Waals surface area contributed by atoms with Crippen molar-refractivity contribution in [3.05, 3.63) is 211 Å². The summed E-state index contributed by atoms with van der Waals surface area (Å²) in [6.07, 6.45) is 0. The maximum Gasteiger partial charge on any atom is 0.0626 e. The van der Waals surface area contributed by atoms with E-state index in [2.05, 4.69) is 246 Å². The molecule has 1 nitrogen and oxygen atoms in total. The topological polar surface area (TPSA) is 4.93 Å². The largest absolute Gasteiger partial charge is 0.308 e. The van der Waals surface area contributed by atoms with E-state index in [0.717, 1.165) is 5.69 Å². The van der Waals surface area contributed by atoms with E-state index in [-0.39, 0.29) is 10.8 Å². The van der Waals surface area contributed by atoms with Gasteiger partial charge in [0.15, 0.2) is 0 Å². The van der Waals surface area contributed by atoms with Crippen molar-refractivity contribution in [1.82, 2.24) is 4.57 Å². The molecular weight excluding hydrogens is 783 g/mol. The smallest absolute Gasteiger partial charge is 0.0626 e. The summed E-state index contributed by atoms with van der Waals surface area (Å²) in [7, 11) is 0. The summed E-state index contributed by atoms with van der Waals surface area (Å²) in [4.78, 5) is 0. The fourth-order valence-corrected chi connectivity index (χ4v) is 11.4. The van der Waals surface area contributed by atoms with Gasteiger partial charge in [-0.1, -0.05) is 217 Å². The Kier molecular flexibility index (Phi) is 8.75. The van der Waals surface area contributed by atoms with Crippen LogP contribution >= 0.6 is 0 Å². The first-order chi connectivity index (χ1) is 31.6. The average Bonchev–Trinajstić information content (AvgIpc) is 3.68. The average molecular weight is 834 g/mol. The Morgan fingerprint density at radius 3 is 1.51 bits per heavy atom. The van der Waals surface area contributed by atoms with Gasteiger partial charge in [-0.3, -0.25) is 0 Å². The Morgan fingerprint density at radius 2 is 0.846 bits per heavy atom. The number of nitrogens with zero attached hydrogens (tertiary/aromatic N) is 1. The van der Waals surface area contributed by atoms with Crippen LogP contribution < -0.4 is 0 Å². The molecule has 0 bridgehead atoms. The van der Waals surface area contributed by atoms with Gasteiger partial charge in [-0.05, 0) is 122 Å². The highest BCUT2D eigenvalue weighted by Gasteiger charge is 2.30. The first-order valence-corrected chi connectivity index (χ1v) is 23.1. The Morgan fingerprint density at radius 1 is 0.323 bits per heavy atom. The highest BCUT2D eigenvalue weighted by molar-refractivity contribution is 6.36. The number of fused-ring (bicyclic) bond motifs is 11. The van der Waals surface area contributed by atoms with Gasteiger partial charge in [-0.25, -0.2) is 0 Å². The molecule has 0 aliphatic carbocycles. The van der Waals surface area contributed by atoms with Crippen LogP contribution in [0.2, 0.25) is 0 Å². The van der Waals surface area contributed by atoms with E-state index in [1.165, 1.54) is 120 Å². The van der Waals surface area contributed by atoms with Crippen LogP contribution in [0.1, 0.15) is 52.7 Å². The third-order valence-corrected chi connectivity index (χ3v) is 13.9. The molecule has 1 heterocycles. The van der Waals surface area contributed by atoms with Crippen LogP contribution in [0.4, 0.5) is 0 Å². The molecule has 65 heavy (non-hydrogen) atoms. The molecule has 0 unspecified atom stereocenters.